The molecule has 1 aromatic carbocycles. The third-order valence-electron chi connectivity index (χ3n) is 4.07. The van der Waals surface area contributed by atoms with Crippen molar-refractivity contribution in [3.05, 3.63) is 89.0 Å². The minimum absolute atomic E-state index is 0.0644. The average molecular weight is 440 g/mol. The third-order valence-corrected chi connectivity index (χ3v) is 4.18. The van der Waals surface area contributed by atoms with Gasteiger partial charge in [0.1, 0.15) is 28.2 Å². The van der Waals surface area contributed by atoms with E-state index in [0.717, 1.165) is 6.21 Å². The molecule has 158 valence electrons. The number of phenolic OH excluding ortho intramolecular Hbond substituents is 1. The van der Waals surface area contributed by atoms with E-state index in [9.17, 15) is 15.0 Å². The number of furan rings is 1. The Bertz CT molecular complexity index is 1150. The predicted octanol–water partition coefficient (Wildman–Crippen LogP) is 3.15. The van der Waals surface area contributed by atoms with Crippen molar-refractivity contribution in [2.24, 2.45) is 0 Å². The highest BCUT2D eigenvalue weighted by molar-refractivity contribution is 6.67. The van der Waals surface area contributed by atoms with Gasteiger partial charge in [-0.15, -0.1) is 0 Å². The quantitative estimate of drug-likeness (QED) is 0.246. The molecule has 9 nitrogen and oxygen atoms in total. The highest BCUT2D eigenvalue weighted by Gasteiger charge is 2.21. The van der Waals surface area contributed by atoms with E-state index in [1.54, 1.807) is 30.5 Å². The van der Waals surface area contributed by atoms with E-state index in [4.69, 9.17) is 26.8 Å². The van der Waals surface area contributed by atoms with Crippen LogP contribution in [0.3, 0.4) is 0 Å². The second-order valence-corrected chi connectivity index (χ2v) is 6.63. The number of nitrogens with one attached hydrogen (secondary N) is 5. The van der Waals surface area contributed by atoms with Gasteiger partial charge < -0.3 is 36.0 Å². The molecule has 10 heteroatoms. The molecular weight excluding hydrogens is 422 g/mol. The first kappa shape index (κ1) is 21.5. The summed E-state index contributed by atoms with van der Waals surface area (Å²) in [7, 11) is 0. The number of carboxylic acids is 1. The Morgan fingerprint density at radius 2 is 2.06 bits per heavy atom. The maximum absolute atomic E-state index is 11.7. The van der Waals surface area contributed by atoms with E-state index in [1.165, 1.54) is 30.5 Å². The lowest BCUT2D eigenvalue weighted by Gasteiger charge is -2.25. The molecule has 1 aliphatic heterocycles. The first-order chi connectivity index (χ1) is 14.9. The van der Waals surface area contributed by atoms with E-state index in [2.05, 4.69) is 16.0 Å². The molecular formula is C21H18ClN5O4. The van der Waals surface area contributed by atoms with Crippen molar-refractivity contribution in [3.63, 3.8) is 0 Å². The first-order valence-electron chi connectivity index (χ1n) is 8.87. The van der Waals surface area contributed by atoms with Gasteiger partial charge >= 0.3 is 5.97 Å². The minimum atomic E-state index is -1.24. The van der Waals surface area contributed by atoms with Crippen LogP contribution in [-0.2, 0) is 4.79 Å². The minimum Gasteiger partial charge on any atom is -0.508 e. The monoisotopic (exact) mass is 439 g/mol. The molecule has 3 rings (SSSR count). The molecule has 0 fully saturated rings. The van der Waals surface area contributed by atoms with Gasteiger partial charge in [-0.1, -0.05) is 23.7 Å². The fourth-order valence-corrected chi connectivity index (χ4v) is 2.84. The smallest absolute Gasteiger partial charge is 0.352 e. The number of hydrogen-bond donors (Lipinski definition) is 7. The van der Waals surface area contributed by atoms with Crippen LogP contribution in [-0.4, -0.2) is 27.6 Å². The Hall–Kier alpha value is -4.24. The molecule has 2 heterocycles. The molecule has 1 aliphatic rings. The fourth-order valence-electron chi connectivity index (χ4n) is 2.72. The highest BCUT2D eigenvalue weighted by atomic mass is 35.5. The van der Waals surface area contributed by atoms with Crippen LogP contribution in [0.4, 0.5) is 0 Å². The Balaban J connectivity index is 2.02. The largest absolute Gasteiger partial charge is 0.508 e. The van der Waals surface area contributed by atoms with Crippen molar-refractivity contribution in [2.45, 2.75) is 0 Å². The summed E-state index contributed by atoms with van der Waals surface area (Å²) in [5.74, 6) is -0.637. The molecule has 0 bridgehead atoms. The van der Waals surface area contributed by atoms with Crippen LogP contribution >= 0.6 is 11.6 Å². The van der Waals surface area contributed by atoms with Gasteiger partial charge in [0.05, 0.1) is 17.7 Å². The predicted molar refractivity (Wildman–Crippen MR) is 117 cm³/mol. The molecule has 31 heavy (non-hydrogen) atoms. The van der Waals surface area contributed by atoms with Crippen LogP contribution in [0.1, 0.15) is 11.3 Å². The van der Waals surface area contributed by atoms with Gasteiger partial charge in [-0.25, -0.2) is 4.79 Å². The Kier molecular flexibility index (Phi) is 6.58. The number of aromatic hydroxyl groups is 1. The van der Waals surface area contributed by atoms with Crippen molar-refractivity contribution in [1.82, 2.24) is 16.0 Å². The van der Waals surface area contributed by atoms with E-state index >= 15 is 0 Å². The van der Waals surface area contributed by atoms with E-state index in [1.807, 2.05) is 0 Å². The molecule has 0 amide bonds. The molecule has 0 saturated heterocycles. The van der Waals surface area contributed by atoms with Crippen LogP contribution < -0.4 is 16.0 Å². The van der Waals surface area contributed by atoms with Gasteiger partial charge in [0.15, 0.2) is 0 Å². The number of phenols is 1. The molecule has 0 spiro atoms. The van der Waals surface area contributed by atoms with Crippen LogP contribution in [0.2, 0.25) is 0 Å². The summed E-state index contributed by atoms with van der Waals surface area (Å²) >= 11 is 5.69. The zero-order valence-corrected chi connectivity index (χ0v) is 16.7. The van der Waals surface area contributed by atoms with Crippen molar-refractivity contribution in [2.75, 3.05) is 0 Å². The standard InChI is InChI=1S/C21H18ClN5O4/c22-18(24)8-13(10-23)19-20(27-16(21(29)30)9-15-5-2-6-31-15)25-11-17(26-19)12-3-1-4-14(28)7-12/h1-11,23-28H,(H,29,30)/b13-8+,16-9-,23-10?,24-18?. The number of aliphatic carboxylic acids is 1. The normalized spacial score (nSPS) is 14.3. The first-order valence-corrected chi connectivity index (χ1v) is 9.24. The highest BCUT2D eigenvalue weighted by Crippen LogP contribution is 2.23. The van der Waals surface area contributed by atoms with Crippen LogP contribution in [0.5, 0.6) is 5.75 Å². The van der Waals surface area contributed by atoms with Gasteiger partial charge in [-0.3, -0.25) is 5.41 Å². The van der Waals surface area contributed by atoms with Gasteiger partial charge in [0.25, 0.3) is 0 Å². The summed E-state index contributed by atoms with van der Waals surface area (Å²) in [4.78, 5) is 11.7. The number of halogens is 1. The van der Waals surface area contributed by atoms with Crippen molar-refractivity contribution < 1.29 is 19.4 Å². The zero-order chi connectivity index (χ0) is 22.4. The maximum atomic E-state index is 11.7. The lowest BCUT2D eigenvalue weighted by molar-refractivity contribution is -0.132. The van der Waals surface area contributed by atoms with Gasteiger partial charge in [0, 0.05) is 29.6 Å². The summed E-state index contributed by atoms with van der Waals surface area (Å²) < 4.78 is 5.18. The average Bonchev–Trinajstić information content (AvgIpc) is 3.25. The van der Waals surface area contributed by atoms with Gasteiger partial charge in [-0.2, -0.15) is 0 Å². The second kappa shape index (κ2) is 9.51. The molecule has 1 aromatic heterocycles. The van der Waals surface area contributed by atoms with E-state index in [-0.39, 0.29) is 33.7 Å². The Morgan fingerprint density at radius 3 is 2.68 bits per heavy atom. The van der Waals surface area contributed by atoms with Crippen molar-refractivity contribution in [3.8, 4) is 5.75 Å². The Morgan fingerprint density at radius 1 is 1.26 bits per heavy atom. The van der Waals surface area contributed by atoms with Crippen molar-refractivity contribution in [1.29, 1.82) is 10.8 Å². The molecule has 0 radical (unpaired) electrons. The number of hydrogen-bond acceptors (Lipinski definition) is 8. The maximum Gasteiger partial charge on any atom is 0.352 e. The summed E-state index contributed by atoms with van der Waals surface area (Å²) in [5, 5.41) is 43.1. The number of benzene rings is 1. The molecule has 0 saturated carbocycles. The number of carboxylic acid groups (broad SMARTS) is 1. The summed E-state index contributed by atoms with van der Waals surface area (Å²) in [6.07, 6.45) is 6.51. The van der Waals surface area contributed by atoms with Gasteiger partial charge in [-0.05, 0) is 30.3 Å². The number of allylic oxidation sites excluding steroid dienone is 2. The molecule has 0 atom stereocenters. The molecule has 7 N–H and O–H groups in total. The summed E-state index contributed by atoms with van der Waals surface area (Å²) in [5.41, 5.74) is 1.46. The van der Waals surface area contributed by atoms with E-state index in [0.29, 0.717) is 17.0 Å². The topological polar surface area (TPSA) is 154 Å². The number of carbonyl (C=O) groups is 1. The van der Waals surface area contributed by atoms with Crippen LogP contribution in [0, 0.1) is 10.8 Å². The Labute approximate surface area is 182 Å². The van der Waals surface area contributed by atoms with E-state index < -0.39 is 5.97 Å². The molecule has 0 aliphatic carbocycles. The lowest BCUT2D eigenvalue weighted by atomic mass is 10.1. The number of rotatable bonds is 8. The zero-order valence-electron chi connectivity index (χ0n) is 15.9. The fraction of sp³-hybridized carbons (Fsp3) is 0. The van der Waals surface area contributed by atoms with Crippen LogP contribution in [0.15, 0.2) is 82.1 Å². The van der Waals surface area contributed by atoms with Crippen LogP contribution in [0.25, 0.3) is 11.8 Å². The lowest BCUT2D eigenvalue weighted by Crippen LogP contribution is -2.35. The molecule has 2 aromatic rings. The third kappa shape index (κ3) is 5.43. The molecule has 0 unspecified atom stereocenters. The van der Waals surface area contributed by atoms with Gasteiger partial charge in [0.2, 0.25) is 0 Å². The second-order valence-electron chi connectivity index (χ2n) is 6.22. The van der Waals surface area contributed by atoms with Crippen molar-refractivity contribution >= 4 is 40.7 Å². The SMILES string of the molecule is N=C/C(=C\C(=N)Cl)C1=C(N/C(=C\c2ccco2)C(=O)O)NC=C(c2cccc(O)c2)N1. The summed E-state index contributed by atoms with van der Waals surface area (Å²) in [6.45, 7) is 0. The summed E-state index contributed by atoms with van der Waals surface area (Å²) in [6, 6.07) is 9.72.